The van der Waals surface area contributed by atoms with Gasteiger partial charge in [0, 0.05) is 11.5 Å². The third-order valence-electron chi connectivity index (χ3n) is 6.08. The summed E-state index contributed by atoms with van der Waals surface area (Å²) in [6, 6.07) is 13.9. The van der Waals surface area contributed by atoms with E-state index in [2.05, 4.69) is 11.4 Å². The smallest absolute Gasteiger partial charge is 0.269 e. The number of rotatable bonds is 5. The van der Waals surface area contributed by atoms with E-state index in [0.29, 0.717) is 14.8 Å². The van der Waals surface area contributed by atoms with E-state index in [1.54, 1.807) is 39.0 Å². The van der Waals surface area contributed by atoms with Crippen molar-refractivity contribution in [2.75, 3.05) is 0 Å². The van der Waals surface area contributed by atoms with Crippen LogP contribution in [0.4, 0.5) is 4.39 Å². The van der Waals surface area contributed by atoms with E-state index in [1.807, 2.05) is 18.2 Å². The number of aryl methyl sites for hydroxylation is 1. The number of carbonyl (C=O) groups excluding carboxylic acids is 2. The Bertz CT molecular complexity index is 1450. The zero-order valence-electron chi connectivity index (χ0n) is 20.1. The van der Waals surface area contributed by atoms with E-state index < -0.39 is 11.2 Å². The second-order valence-electron chi connectivity index (χ2n) is 9.86. The Morgan fingerprint density at radius 3 is 2.69 bits per heavy atom. The summed E-state index contributed by atoms with van der Waals surface area (Å²) in [5, 5.41) is 3.08. The molecule has 1 aliphatic carbocycles. The molecule has 1 aromatic heterocycles. The Morgan fingerprint density at radius 1 is 1.17 bits per heavy atom. The van der Waals surface area contributed by atoms with E-state index >= 15 is 0 Å². The summed E-state index contributed by atoms with van der Waals surface area (Å²) in [6.45, 7) is 5.20. The van der Waals surface area contributed by atoms with E-state index in [-0.39, 0.29) is 29.8 Å². The molecule has 1 unspecified atom stereocenters. The Labute approximate surface area is 207 Å². The normalized spacial score (nSPS) is 16.7. The van der Waals surface area contributed by atoms with Crippen LogP contribution in [0.25, 0.3) is 12.2 Å². The number of amides is 1. The number of halogens is 1. The first kappa shape index (κ1) is 24.8. The molecule has 1 N–H and O–H groups in total. The van der Waals surface area contributed by atoms with E-state index in [1.165, 1.54) is 28.3 Å². The molecule has 0 fully saturated rings. The van der Waals surface area contributed by atoms with Crippen molar-refractivity contribution in [3.05, 3.63) is 90.6 Å². The summed E-state index contributed by atoms with van der Waals surface area (Å²) in [5.74, 6) is -0.842. The predicted molar refractivity (Wildman–Crippen MR) is 137 cm³/mol. The summed E-state index contributed by atoms with van der Waals surface area (Å²) < 4.78 is 15.7. The van der Waals surface area contributed by atoms with Gasteiger partial charge in [-0.25, -0.2) is 4.39 Å². The maximum absolute atomic E-state index is 13.7. The standard InChI is InChI=1S/C28H29FN2O3S/c1-28(2,3)24(32)16-26-31(27(34)23(35-26)15-18-8-6-11-20(29)14-18)17-25(33)30-22-13-7-10-19-9-4-5-12-21(19)22/h4-6,8-9,11-12,14-16,22H,7,10,13,17H2,1-3H3,(H,30,33)/b23-15-,26-16-. The SMILES string of the molecule is CC(C)(C)C(=O)/C=c1\s/c(=C\c2cccc(F)c2)c(=O)n1CC(=O)NC1CCCc2ccccc21. The van der Waals surface area contributed by atoms with Crippen molar-refractivity contribution in [2.45, 2.75) is 52.6 Å². The van der Waals surface area contributed by atoms with Gasteiger partial charge in [0.1, 0.15) is 17.0 Å². The average molecular weight is 493 g/mol. The molecule has 0 aliphatic heterocycles. The second-order valence-corrected chi connectivity index (χ2v) is 10.9. The fourth-order valence-corrected chi connectivity index (χ4v) is 5.20. The Hall–Kier alpha value is -3.32. The fraction of sp³-hybridized carbons (Fsp3) is 0.321. The summed E-state index contributed by atoms with van der Waals surface area (Å²) in [5.41, 5.74) is 1.86. The van der Waals surface area contributed by atoms with Crippen molar-refractivity contribution >= 4 is 35.2 Å². The minimum Gasteiger partial charge on any atom is -0.348 e. The van der Waals surface area contributed by atoms with Gasteiger partial charge >= 0.3 is 0 Å². The predicted octanol–water partition coefficient (Wildman–Crippen LogP) is 3.47. The Balaban J connectivity index is 1.70. The number of aromatic nitrogens is 1. The van der Waals surface area contributed by atoms with Crippen LogP contribution in [0.1, 0.15) is 56.3 Å². The molecule has 5 nitrogen and oxygen atoms in total. The lowest BCUT2D eigenvalue weighted by Crippen LogP contribution is -2.40. The van der Waals surface area contributed by atoms with Crippen molar-refractivity contribution < 1.29 is 14.0 Å². The molecule has 0 saturated heterocycles. The van der Waals surface area contributed by atoms with Gasteiger partial charge in [-0.05, 0) is 54.2 Å². The number of ketones is 1. The molecule has 1 aliphatic rings. The van der Waals surface area contributed by atoms with Crippen LogP contribution in [-0.4, -0.2) is 16.3 Å². The number of nitrogens with zero attached hydrogens (tertiary/aromatic N) is 1. The third kappa shape index (κ3) is 5.85. The molecule has 0 radical (unpaired) electrons. The number of Topliss-reactive ketones (excluding diaryl/α,β-unsaturated/α-hetero) is 1. The summed E-state index contributed by atoms with van der Waals surface area (Å²) in [6.07, 6.45) is 5.81. The second kappa shape index (κ2) is 10.1. The molecule has 0 saturated carbocycles. The first-order chi connectivity index (χ1) is 16.6. The zero-order valence-corrected chi connectivity index (χ0v) is 21.0. The minimum atomic E-state index is -0.634. The van der Waals surface area contributed by atoms with Crippen LogP contribution in [0.2, 0.25) is 0 Å². The highest BCUT2D eigenvalue weighted by Gasteiger charge is 2.23. The van der Waals surface area contributed by atoms with Gasteiger partial charge in [0.2, 0.25) is 5.91 Å². The van der Waals surface area contributed by atoms with Crippen molar-refractivity contribution in [3.63, 3.8) is 0 Å². The number of fused-ring (bicyclic) bond motifs is 1. The van der Waals surface area contributed by atoms with Gasteiger partial charge in [-0.3, -0.25) is 19.0 Å². The van der Waals surface area contributed by atoms with Gasteiger partial charge in [-0.2, -0.15) is 0 Å². The fourth-order valence-electron chi connectivity index (χ4n) is 4.16. The first-order valence-electron chi connectivity index (χ1n) is 11.7. The van der Waals surface area contributed by atoms with E-state index in [0.717, 1.165) is 36.2 Å². The van der Waals surface area contributed by atoms with Gasteiger partial charge in [0.25, 0.3) is 5.56 Å². The topological polar surface area (TPSA) is 68.2 Å². The molecule has 1 heterocycles. The Kier molecular flexibility index (Phi) is 7.17. The molecule has 1 atom stereocenters. The molecular formula is C28H29FN2O3S. The van der Waals surface area contributed by atoms with E-state index in [4.69, 9.17) is 0 Å². The highest BCUT2D eigenvalue weighted by atomic mass is 32.1. The maximum Gasteiger partial charge on any atom is 0.269 e. The largest absolute Gasteiger partial charge is 0.348 e. The number of hydrogen-bond donors (Lipinski definition) is 1. The molecule has 35 heavy (non-hydrogen) atoms. The van der Waals surface area contributed by atoms with Crippen LogP contribution >= 0.6 is 11.3 Å². The summed E-state index contributed by atoms with van der Waals surface area (Å²) in [4.78, 5) is 39.1. The molecule has 4 rings (SSSR count). The average Bonchev–Trinajstić information content (AvgIpc) is 3.07. The van der Waals surface area contributed by atoms with Crippen LogP contribution in [0.15, 0.2) is 53.3 Å². The Morgan fingerprint density at radius 2 is 1.94 bits per heavy atom. The molecular weight excluding hydrogens is 463 g/mol. The third-order valence-corrected chi connectivity index (χ3v) is 7.14. The minimum absolute atomic E-state index is 0.108. The number of benzene rings is 2. The van der Waals surface area contributed by atoms with E-state index in [9.17, 15) is 18.8 Å². The van der Waals surface area contributed by atoms with Crippen LogP contribution < -0.4 is 20.1 Å². The highest BCUT2D eigenvalue weighted by Crippen LogP contribution is 2.29. The quantitative estimate of drug-likeness (QED) is 0.593. The van der Waals surface area contributed by atoms with Crippen molar-refractivity contribution in [2.24, 2.45) is 5.41 Å². The molecule has 0 spiro atoms. The number of hydrogen-bond acceptors (Lipinski definition) is 4. The molecule has 2 aromatic carbocycles. The van der Waals surface area contributed by atoms with Gasteiger partial charge in [0.15, 0.2) is 5.78 Å². The van der Waals surface area contributed by atoms with Crippen LogP contribution in [0.5, 0.6) is 0 Å². The van der Waals surface area contributed by atoms with Crippen LogP contribution in [-0.2, 0) is 22.6 Å². The molecule has 0 bridgehead atoms. The number of nitrogens with one attached hydrogen (secondary N) is 1. The van der Waals surface area contributed by atoms with Crippen molar-refractivity contribution in [1.29, 1.82) is 0 Å². The lowest BCUT2D eigenvalue weighted by atomic mass is 9.88. The molecule has 182 valence electrons. The first-order valence-corrected chi connectivity index (χ1v) is 12.5. The summed E-state index contributed by atoms with van der Waals surface area (Å²) in [7, 11) is 0. The van der Waals surface area contributed by atoms with Gasteiger partial charge < -0.3 is 5.32 Å². The van der Waals surface area contributed by atoms with Crippen molar-refractivity contribution in [3.8, 4) is 0 Å². The lowest BCUT2D eigenvalue weighted by Gasteiger charge is -2.26. The lowest BCUT2D eigenvalue weighted by molar-refractivity contribution is -0.123. The molecule has 1 amide bonds. The molecule has 7 heteroatoms. The highest BCUT2D eigenvalue weighted by molar-refractivity contribution is 7.07. The van der Waals surface area contributed by atoms with Crippen molar-refractivity contribution in [1.82, 2.24) is 9.88 Å². The van der Waals surface area contributed by atoms with Crippen LogP contribution in [0, 0.1) is 11.2 Å². The molecule has 3 aromatic rings. The van der Waals surface area contributed by atoms with Crippen LogP contribution in [0.3, 0.4) is 0 Å². The zero-order chi connectivity index (χ0) is 25.2. The van der Waals surface area contributed by atoms with Gasteiger partial charge in [-0.15, -0.1) is 11.3 Å². The van der Waals surface area contributed by atoms with Gasteiger partial charge in [-0.1, -0.05) is 57.2 Å². The maximum atomic E-state index is 13.7. The summed E-state index contributed by atoms with van der Waals surface area (Å²) >= 11 is 1.12. The number of thiazole rings is 1. The van der Waals surface area contributed by atoms with Gasteiger partial charge in [0.05, 0.1) is 10.6 Å². The monoisotopic (exact) mass is 492 g/mol. The number of carbonyl (C=O) groups is 2.